The van der Waals surface area contributed by atoms with Gasteiger partial charge in [0.25, 0.3) is 9.05 Å². The van der Waals surface area contributed by atoms with E-state index in [1.165, 1.54) is 6.07 Å². The summed E-state index contributed by atoms with van der Waals surface area (Å²) < 4.78 is 29.5. The van der Waals surface area contributed by atoms with E-state index in [4.69, 9.17) is 15.4 Å². The SMILES string of the molecule is Cc1cc(Br)cc(S(=O)(=O)Cl)c1OCCC(C)(C)C. The van der Waals surface area contributed by atoms with Crippen LogP contribution in [0, 0.1) is 12.3 Å². The van der Waals surface area contributed by atoms with E-state index in [0.29, 0.717) is 16.8 Å². The topological polar surface area (TPSA) is 43.4 Å². The van der Waals surface area contributed by atoms with E-state index in [-0.39, 0.29) is 10.3 Å². The molecule has 0 aliphatic rings. The third-order valence-corrected chi connectivity index (χ3v) is 4.35. The lowest BCUT2D eigenvalue weighted by Gasteiger charge is -2.19. The summed E-state index contributed by atoms with van der Waals surface area (Å²) in [5.41, 5.74) is 0.867. The fourth-order valence-corrected chi connectivity index (χ4v) is 3.30. The van der Waals surface area contributed by atoms with Gasteiger partial charge in [-0.3, -0.25) is 0 Å². The van der Waals surface area contributed by atoms with Crippen LogP contribution in [0.15, 0.2) is 21.5 Å². The van der Waals surface area contributed by atoms with E-state index in [2.05, 4.69) is 36.7 Å². The largest absolute Gasteiger partial charge is 0.492 e. The summed E-state index contributed by atoms with van der Waals surface area (Å²) in [6, 6.07) is 3.26. The Bertz CT molecular complexity index is 562. The number of hydrogen-bond donors (Lipinski definition) is 0. The molecular weight excluding hydrogens is 352 g/mol. The van der Waals surface area contributed by atoms with Crippen molar-refractivity contribution in [3.8, 4) is 5.75 Å². The van der Waals surface area contributed by atoms with Crippen LogP contribution >= 0.6 is 26.6 Å². The Kier molecular flexibility index (Phi) is 5.32. The minimum absolute atomic E-state index is 0.00921. The summed E-state index contributed by atoms with van der Waals surface area (Å²) in [7, 11) is 1.62. The molecule has 1 aromatic rings. The van der Waals surface area contributed by atoms with Crippen LogP contribution in [0.5, 0.6) is 5.75 Å². The van der Waals surface area contributed by atoms with Gasteiger partial charge in [-0.2, -0.15) is 0 Å². The minimum atomic E-state index is -3.83. The Labute approximate surface area is 127 Å². The second kappa shape index (κ2) is 6.02. The van der Waals surface area contributed by atoms with Gasteiger partial charge in [-0.1, -0.05) is 36.7 Å². The molecule has 0 aliphatic heterocycles. The number of rotatable bonds is 4. The predicted molar refractivity (Wildman–Crippen MR) is 81.5 cm³/mol. The molecule has 0 heterocycles. The van der Waals surface area contributed by atoms with Crippen molar-refractivity contribution in [3.05, 3.63) is 22.2 Å². The molecule has 0 spiro atoms. The van der Waals surface area contributed by atoms with Gasteiger partial charge in [0.1, 0.15) is 10.6 Å². The van der Waals surface area contributed by atoms with Crippen LogP contribution in [-0.2, 0) is 9.05 Å². The van der Waals surface area contributed by atoms with Crippen LogP contribution in [0.3, 0.4) is 0 Å². The quantitative estimate of drug-likeness (QED) is 0.734. The third kappa shape index (κ3) is 5.32. The molecule has 0 saturated carbocycles. The molecule has 108 valence electrons. The first kappa shape index (κ1) is 16.8. The molecule has 1 rings (SSSR count). The van der Waals surface area contributed by atoms with Crippen LogP contribution < -0.4 is 4.74 Å². The van der Waals surface area contributed by atoms with Crippen molar-refractivity contribution < 1.29 is 13.2 Å². The molecule has 6 heteroatoms. The van der Waals surface area contributed by atoms with Crippen molar-refractivity contribution >= 4 is 35.7 Å². The molecule has 0 saturated heterocycles. The van der Waals surface area contributed by atoms with Crippen molar-refractivity contribution in [1.82, 2.24) is 0 Å². The normalized spacial score (nSPS) is 12.5. The molecule has 0 fully saturated rings. The van der Waals surface area contributed by atoms with Gasteiger partial charge in [0.15, 0.2) is 0 Å². The first-order valence-electron chi connectivity index (χ1n) is 5.88. The minimum Gasteiger partial charge on any atom is -0.492 e. The average Bonchev–Trinajstić information content (AvgIpc) is 2.17. The van der Waals surface area contributed by atoms with Crippen LogP contribution in [-0.4, -0.2) is 15.0 Å². The van der Waals surface area contributed by atoms with Gasteiger partial charge in [-0.05, 0) is 36.5 Å². The average molecular weight is 370 g/mol. The summed E-state index contributed by atoms with van der Waals surface area (Å²) in [5, 5.41) is 0. The molecule has 0 atom stereocenters. The fraction of sp³-hybridized carbons (Fsp3) is 0.538. The van der Waals surface area contributed by atoms with E-state index >= 15 is 0 Å². The van der Waals surface area contributed by atoms with E-state index in [1.807, 2.05) is 0 Å². The highest BCUT2D eigenvalue weighted by Gasteiger charge is 2.20. The standard InChI is InChI=1S/C13H18BrClO3S/c1-9-7-10(14)8-11(19(15,16)17)12(9)18-6-5-13(2,3)4/h7-8H,5-6H2,1-4H3. The van der Waals surface area contributed by atoms with E-state index in [0.717, 1.165) is 12.0 Å². The van der Waals surface area contributed by atoms with Gasteiger partial charge in [-0.15, -0.1) is 0 Å². The Hall–Kier alpha value is -0.260. The van der Waals surface area contributed by atoms with Gasteiger partial charge < -0.3 is 4.74 Å². The zero-order valence-electron chi connectivity index (χ0n) is 11.5. The predicted octanol–water partition coefficient (Wildman–Crippen LogP) is 4.50. The zero-order valence-corrected chi connectivity index (χ0v) is 14.6. The molecule has 19 heavy (non-hydrogen) atoms. The Morgan fingerprint density at radius 3 is 2.37 bits per heavy atom. The maximum absolute atomic E-state index is 11.6. The van der Waals surface area contributed by atoms with E-state index < -0.39 is 9.05 Å². The van der Waals surface area contributed by atoms with Crippen molar-refractivity contribution in [2.24, 2.45) is 5.41 Å². The molecule has 0 radical (unpaired) electrons. The number of hydrogen-bond acceptors (Lipinski definition) is 3. The molecule has 1 aromatic carbocycles. The fourth-order valence-electron chi connectivity index (χ4n) is 1.52. The summed E-state index contributed by atoms with van der Waals surface area (Å²) in [4.78, 5) is 0.00921. The third-order valence-electron chi connectivity index (χ3n) is 2.57. The van der Waals surface area contributed by atoms with Crippen molar-refractivity contribution in [1.29, 1.82) is 0 Å². The lowest BCUT2D eigenvalue weighted by molar-refractivity contribution is 0.237. The van der Waals surface area contributed by atoms with Gasteiger partial charge in [0.05, 0.1) is 6.61 Å². The molecular formula is C13H18BrClO3S. The first-order valence-corrected chi connectivity index (χ1v) is 8.98. The maximum Gasteiger partial charge on any atom is 0.265 e. The summed E-state index contributed by atoms with van der Waals surface area (Å²) in [6.07, 6.45) is 0.824. The van der Waals surface area contributed by atoms with Gasteiger partial charge in [0.2, 0.25) is 0 Å². The Morgan fingerprint density at radius 1 is 1.32 bits per heavy atom. The highest BCUT2D eigenvalue weighted by Crippen LogP contribution is 2.34. The van der Waals surface area contributed by atoms with Crippen LogP contribution in [0.2, 0.25) is 0 Å². The highest BCUT2D eigenvalue weighted by atomic mass is 79.9. The second-order valence-electron chi connectivity index (χ2n) is 5.65. The Balaban J connectivity index is 3.06. The van der Waals surface area contributed by atoms with Crippen molar-refractivity contribution in [2.75, 3.05) is 6.61 Å². The molecule has 0 N–H and O–H groups in total. The summed E-state index contributed by atoms with van der Waals surface area (Å²) in [5.74, 6) is 0.336. The number of benzene rings is 1. The molecule has 3 nitrogen and oxygen atoms in total. The number of halogens is 2. The number of aryl methyl sites for hydroxylation is 1. The monoisotopic (exact) mass is 368 g/mol. The lowest BCUT2D eigenvalue weighted by atomic mass is 9.93. The molecule has 0 aromatic heterocycles. The van der Waals surface area contributed by atoms with Crippen LogP contribution in [0.25, 0.3) is 0 Å². The van der Waals surface area contributed by atoms with Crippen molar-refractivity contribution in [2.45, 2.75) is 39.0 Å². The van der Waals surface area contributed by atoms with E-state index in [9.17, 15) is 8.42 Å². The zero-order chi connectivity index (χ0) is 14.8. The molecule has 0 amide bonds. The molecule has 0 bridgehead atoms. The molecule has 0 unspecified atom stereocenters. The highest BCUT2D eigenvalue weighted by molar-refractivity contribution is 9.10. The smallest absolute Gasteiger partial charge is 0.265 e. The van der Waals surface area contributed by atoms with Crippen molar-refractivity contribution in [3.63, 3.8) is 0 Å². The lowest BCUT2D eigenvalue weighted by Crippen LogP contribution is -2.12. The van der Waals surface area contributed by atoms with Gasteiger partial charge in [0, 0.05) is 15.2 Å². The summed E-state index contributed by atoms with van der Waals surface area (Å²) >= 11 is 3.26. The summed E-state index contributed by atoms with van der Waals surface area (Å²) in [6.45, 7) is 8.55. The maximum atomic E-state index is 11.6. The van der Waals surface area contributed by atoms with Gasteiger partial charge >= 0.3 is 0 Å². The van der Waals surface area contributed by atoms with Crippen LogP contribution in [0.4, 0.5) is 0 Å². The van der Waals surface area contributed by atoms with Gasteiger partial charge in [-0.25, -0.2) is 8.42 Å². The first-order chi connectivity index (χ1) is 8.50. The van der Waals surface area contributed by atoms with Crippen LogP contribution in [0.1, 0.15) is 32.8 Å². The van der Waals surface area contributed by atoms with E-state index in [1.54, 1.807) is 13.0 Å². The second-order valence-corrected chi connectivity index (χ2v) is 9.10. The molecule has 0 aliphatic carbocycles. The Morgan fingerprint density at radius 2 is 1.89 bits per heavy atom. The number of ether oxygens (including phenoxy) is 1.